The van der Waals surface area contributed by atoms with E-state index in [9.17, 15) is 9.59 Å². The lowest BCUT2D eigenvalue weighted by molar-refractivity contribution is -0.116. The first-order chi connectivity index (χ1) is 10.9. The average molecular weight is 369 g/mol. The van der Waals surface area contributed by atoms with Crippen molar-refractivity contribution in [1.29, 1.82) is 0 Å². The molecule has 0 saturated heterocycles. The summed E-state index contributed by atoms with van der Waals surface area (Å²) in [5.41, 5.74) is 1.07. The Bertz CT molecular complexity index is 771. The average Bonchev–Trinajstić information content (AvgIpc) is 2.96. The minimum atomic E-state index is -0.197. The van der Waals surface area contributed by atoms with Crippen molar-refractivity contribution in [3.8, 4) is 0 Å². The van der Waals surface area contributed by atoms with Gasteiger partial charge in [-0.15, -0.1) is 11.3 Å². The van der Waals surface area contributed by atoms with Crippen LogP contribution in [0.4, 0.5) is 5.13 Å². The highest BCUT2D eigenvalue weighted by Gasteiger charge is 2.12. The van der Waals surface area contributed by atoms with Crippen LogP contribution < -0.4 is 4.90 Å². The Hall–Kier alpha value is -1.69. The van der Waals surface area contributed by atoms with Crippen LogP contribution in [-0.2, 0) is 4.79 Å². The van der Waals surface area contributed by atoms with Crippen molar-refractivity contribution in [3.63, 3.8) is 0 Å². The van der Waals surface area contributed by atoms with Gasteiger partial charge in [0.15, 0.2) is 10.9 Å². The molecule has 0 N–H and O–H groups in total. The molecule has 1 amide bonds. The van der Waals surface area contributed by atoms with E-state index in [1.54, 1.807) is 28.5 Å². The van der Waals surface area contributed by atoms with E-state index in [2.05, 4.69) is 4.98 Å². The van der Waals surface area contributed by atoms with Crippen molar-refractivity contribution < 1.29 is 9.59 Å². The molecule has 0 fully saturated rings. The SMILES string of the molecule is CCN(C(C)=O)c1nc(/C=C/C(=O)c2ccc(Cl)c(Cl)c2)cs1. The van der Waals surface area contributed by atoms with Crippen LogP contribution in [0.5, 0.6) is 0 Å². The Morgan fingerprint density at radius 1 is 1.30 bits per heavy atom. The van der Waals surface area contributed by atoms with E-state index >= 15 is 0 Å². The molecule has 0 spiro atoms. The first-order valence-corrected chi connectivity index (χ1v) is 8.47. The van der Waals surface area contributed by atoms with Gasteiger partial charge in [-0.2, -0.15) is 0 Å². The van der Waals surface area contributed by atoms with Crippen LogP contribution in [0.1, 0.15) is 29.9 Å². The molecule has 1 heterocycles. The van der Waals surface area contributed by atoms with Crippen LogP contribution in [0.2, 0.25) is 10.0 Å². The van der Waals surface area contributed by atoms with E-state index in [1.165, 1.54) is 30.4 Å². The van der Waals surface area contributed by atoms with Gasteiger partial charge in [0.1, 0.15) is 0 Å². The molecule has 1 aromatic heterocycles. The van der Waals surface area contributed by atoms with Crippen LogP contribution in [0.15, 0.2) is 29.7 Å². The first-order valence-electron chi connectivity index (χ1n) is 6.83. The van der Waals surface area contributed by atoms with Crippen molar-refractivity contribution in [3.05, 3.63) is 51.0 Å². The summed E-state index contributed by atoms with van der Waals surface area (Å²) in [6, 6.07) is 4.72. The molecule has 0 saturated carbocycles. The number of anilines is 1. The molecule has 4 nitrogen and oxygen atoms in total. The zero-order chi connectivity index (χ0) is 17.0. The summed E-state index contributed by atoms with van der Waals surface area (Å²) in [6.07, 6.45) is 3.03. The highest BCUT2D eigenvalue weighted by molar-refractivity contribution is 7.14. The smallest absolute Gasteiger partial charge is 0.225 e. The number of halogens is 2. The summed E-state index contributed by atoms with van der Waals surface area (Å²) in [5.74, 6) is -0.263. The van der Waals surface area contributed by atoms with E-state index < -0.39 is 0 Å². The lowest BCUT2D eigenvalue weighted by atomic mass is 10.1. The van der Waals surface area contributed by atoms with E-state index in [0.717, 1.165) is 0 Å². The molecule has 0 aliphatic carbocycles. The molecule has 0 atom stereocenters. The fourth-order valence-electron chi connectivity index (χ4n) is 1.88. The van der Waals surface area contributed by atoms with E-state index in [1.807, 2.05) is 6.92 Å². The Balaban J connectivity index is 2.14. The molecule has 0 unspecified atom stereocenters. The third-order valence-electron chi connectivity index (χ3n) is 3.05. The molecule has 2 rings (SSSR count). The highest BCUT2D eigenvalue weighted by Crippen LogP contribution is 2.24. The Morgan fingerprint density at radius 2 is 2.04 bits per heavy atom. The molecule has 1 aromatic carbocycles. The van der Waals surface area contributed by atoms with Gasteiger partial charge in [0.2, 0.25) is 5.91 Å². The predicted molar refractivity (Wildman–Crippen MR) is 95.6 cm³/mol. The number of ketones is 1. The summed E-state index contributed by atoms with van der Waals surface area (Å²) in [5, 5.41) is 3.14. The third kappa shape index (κ3) is 4.41. The van der Waals surface area contributed by atoms with Gasteiger partial charge in [-0.25, -0.2) is 4.98 Å². The summed E-state index contributed by atoms with van der Waals surface area (Å²) >= 11 is 13.1. The Labute approximate surface area is 148 Å². The van der Waals surface area contributed by atoms with Crippen molar-refractivity contribution in [2.75, 3.05) is 11.4 Å². The maximum atomic E-state index is 12.1. The second-order valence-electron chi connectivity index (χ2n) is 4.64. The van der Waals surface area contributed by atoms with Gasteiger partial charge < -0.3 is 0 Å². The number of allylic oxidation sites excluding steroid dienone is 1. The molecule has 23 heavy (non-hydrogen) atoms. The largest absolute Gasteiger partial charge is 0.289 e. The maximum absolute atomic E-state index is 12.1. The number of nitrogens with zero attached hydrogens (tertiary/aromatic N) is 2. The monoisotopic (exact) mass is 368 g/mol. The standard InChI is InChI=1S/C16H14Cl2N2O2S/c1-3-20(10(2)21)16-19-12(9-23-16)5-7-15(22)11-4-6-13(17)14(18)8-11/h4-9H,3H2,1-2H3/b7-5+. The van der Waals surface area contributed by atoms with Gasteiger partial charge in [0.25, 0.3) is 0 Å². The van der Waals surface area contributed by atoms with Crippen LogP contribution in [0.3, 0.4) is 0 Å². The molecule has 2 aromatic rings. The van der Waals surface area contributed by atoms with E-state index in [0.29, 0.717) is 33.0 Å². The number of aromatic nitrogens is 1. The summed E-state index contributed by atoms with van der Waals surface area (Å²) < 4.78 is 0. The number of amides is 1. The van der Waals surface area contributed by atoms with Gasteiger partial charge in [0, 0.05) is 24.4 Å². The van der Waals surface area contributed by atoms with E-state index in [-0.39, 0.29) is 11.7 Å². The fraction of sp³-hybridized carbons (Fsp3) is 0.188. The van der Waals surface area contributed by atoms with Gasteiger partial charge in [-0.05, 0) is 37.3 Å². The van der Waals surface area contributed by atoms with Gasteiger partial charge in [-0.3, -0.25) is 14.5 Å². The maximum Gasteiger partial charge on any atom is 0.225 e. The molecule has 0 bridgehead atoms. The minimum Gasteiger partial charge on any atom is -0.289 e. The molecule has 0 aliphatic heterocycles. The number of carbonyl (C=O) groups is 2. The Kier molecular flexibility index (Phi) is 5.93. The lowest BCUT2D eigenvalue weighted by Gasteiger charge is -2.14. The van der Waals surface area contributed by atoms with Crippen molar-refractivity contribution in [2.45, 2.75) is 13.8 Å². The number of carbonyl (C=O) groups excluding carboxylic acids is 2. The molecular weight excluding hydrogens is 355 g/mol. The number of hydrogen-bond donors (Lipinski definition) is 0. The molecule has 120 valence electrons. The summed E-state index contributed by atoms with van der Waals surface area (Å²) in [6.45, 7) is 3.93. The number of thiazole rings is 1. The van der Waals surface area contributed by atoms with Crippen molar-refractivity contribution >= 4 is 57.4 Å². The zero-order valence-electron chi connectivity index (χ0n) is 12.5. The van der Waals surface area contributed by atoms with Crippen LogP contribution in [-0.4, -0.2) is 23.2 Å². The molecule has 0 radical (unpaired) electrons. The van der Waals surface area contributed by atoms with Crippen molar-refractivity contribution in [2.24, 2.45) is 0 Å². The number of rotatable bonds is 5. The normalized spacial score (nSPS) is 11.0. The third-order valence-corrected chi connectivity index (χ3v) is 4.67. The number of hydrogen-bond acceptors (Lipinski definition) is 4. The highest BCUT2D eigenvalue weighted by atomic mass is 35.5. The number of benzene rings is 1. The van der Waals surface area contributed by atoms with Crippen molar-refractivity contribution in [1.82, 2.24) is 4.98 Å². The second-order valence-corrected chi connectivity index (χ2v) is 6.30. The minimum absolute atomic E-state index is 0.0655. The van der Waals surface area contributed by atoms with E-state index in [4.69, 9.17) is 23.2 Å². The molecule has 7 heteroatoms. The Morgan fingerprint density at radius 3 is 2.65 bits per heavy atom. The first kappa shape index (κ1) is 17.7. The van der Waals surface area contributed by atoms with Crippen LogP contribution in [0.25, 0.3) is 6.08 Å². The molecule has 0 aliphatic rings. The van der Waals surface area contributed by atoms with Crippen LogP contribution >= 0.6 is 34.5 Å². The zero-order valence-corrected chi connectivity index (χ0v) is 14.9. The van der Waals surface area contributed by atoms with Crippen LogP contribution in [0, 0.1) is 0 Å². The molecular formula is C16H14Cl2N2O2S. The predicted octanol–water partition coefficient (Wildman–Crippen LogP) is 4.72. The second kappa shape index (κ2) is 7.73. The van der Waals surface area contributed by atoms with Gasteiger partial charge in [0.05, 0.1) is 15.7 Å². The summed E-state index contributed by atoms with van der Waals surface area (Å²) in [7, 11) is 0. The van der Waals surface area contributed by atoms with Gasteiger partial charge >= 0.3 is 0 Å². The topological polar surface area (TPSA) is 50.3 Å². The van der Waals surface area contributed by atoms with Gasteiger partial charge in [-0.1, -0.05) is 23.2 Å². The summed E-state index contributed by atoms with van der Waals surface area (Å²) in [4.78, 5) is 29.5. The fourth-order valence-corrected chi connectivity index (χ4v) is 3.07. The lowest BCUT2D eigenvalue weighted by Crippen LogP contribution is -2.27. The quantitative estimate of drug-likeness (QED) is 0.566.